The minimum atomic E-state index is -1.03. The lowest BCUT2D eigenvalue weighted by Gasteiger charge is -2.12. The third-order valence-corrected chi connectivity index (χ3v) is 2.14. The Hall–Kier alpha value is -1.84. The Kier molecular flexibility index (Phi) is 3.09. The van der Waals surface area contributed by atoms with Crippen LogP contribution in [0.15, 0.2) is 12.1 Å². The van der Waals surface area contributed by atoms with Crippen molar-refractivity contribution in [3.8, 4) is 0 Å². The third-order valence-electron chi connectivity index (χ3n) is 2.14. The molecule has 0 bridgehead atoms. The van der Waals surface area contributed by atoms with Crippen LogP contribution in [-0.4, -0.2) is 17.0 Å². The highest BCUT2D eigenvalue weighted by Crippen LogP contribution is 2.24. The number of carbonyl (C=O) groups is 2. The fraction of sp³-hybridized carbons (Fsp3) is 0.273. The number of carbonyl (C=O) groups excluding carboxylic acids is 1. The number of aryl methyl sites for hydroxylation is 2. The van der Waals surface area contributed by atoms with Gasteiger partial charge in [-0.15, -0.1) is 0 Å². The maximum Gasteiger partial charge on any atom is 0.338 e. The summed E-state index contributed by atoms with van der Waals surface area (Å²) >= 11 is 0. The van der Waals surface area contributed by atoms with Crippen molar-refractivity contribution >= 4 is 17.6 Å². The van der Waals surface area contributed by atoms with Crippen LogP contribution in [0.4, 0.5) is 5.69 Å². The summed E-state index contributed by atoms with van der Waals surface area (Å²) in [4.78, 5) is 22.0. The van der Waals surface area contributed by atoms with Crippen molar-refractivity contribution in [3.63, 3.8) is 0 Å². The van der Waals surface area contributed by atoms with Gasteiger partial charge in [0.15, 0.2) is 0 Å². The summed E-state index contributed by atoms with van der Waals surface area (Å²) < 4.78 is 0. The molecule has 0 heterocycles. The number of carboxylic acid groups (broad SMARTS) is 1. The van der Waals surface area contributed by atoms with Crippen LogP contribution in [0.3, 0.4) is 0 Å². The first-order valence-corrected chi connectivity index (χ1v) is 4.54. The van der Waals surface area contributed by atoms with Crippen molar-refractivity contribution in [2.75, 3.05) is 5.32 Å². The fourth-order valence-corrected chi connectivity index (χ4v) is 1.42. The number of amides is 1. The molecule has 15 heavy (non-hydrogen) atoms. The van der Waals surface area contributed by atoms with E-state index in [9.17, 15) is 9.59 Å². The van der Waals surface area contributed by atoms with Crippen LogP contribution >= 0.6 is 0 Å². The lowest BCUT2D eigenvalue weighted by Crippen LogP contribution is -2.13. The molecule has 0 unspecified atom stereocenters. The zero-order chi connectivity index (χ0) is 11.6. The van der Waals surface area contributed by atoms with Crippen molar-refractivity contribution in [3.05, 3.63) is 28.8 Å². The second-order valence-corrected chi connectivity index (χ2v) is 3.44. The molecule has 2 N–H and O–H groups in total. The molecule has 0 aliphatic heterocycles. The summed E-state index contributed by atoms with van der Waals surface area (Å²) in [5, 5.41) is 11.6. The Morgan fingerprint density at radius 1 is 1.20 bits per heavy atom. The minimum absolute atomic E-state index is 0.158. The molecule has 0 aromatic heterocycles. The van der Waals surface area contributed by atoms with Crippen LogP contribution in [0.5, 0.6) is 0 Å². The molecule has 0 saturated carbocycles. The Balaban J connectivity index is 3.38. The van der Waals surface area contributed by atoms with E-state index in [2.05, 4.69) is 5.32 Å². The van der Waals surface area contributed by atoms with E-state index in [-0.39, 0.29) is 11.5 Å². The van der Waals surface area contributed by atoms with E-state index in [1.807, 2.05) is 0 Å². The summed E-state index contributed by atoms with van der Waals surface area (Å²) in [6.45, 7) is 4.82. The van der Waals surface area contributed by atoms with Gasteiger partial charge in [0.25, 0.3) is 0 Å². The molecule has 1 rings (SSSR count). The monoisotopic (exact) mass is 207 g/mol. The predicted octanol–water partition coefficient (Wildman–Crippen LogP) is 1.96. The zero-order valence-corrected chi connectivity index (χ0v) is 8.92. The van der Waals surface area contributed by atoms with E-state index < -0.39 is 5.97 Å². The van der Waals surface area contributed by atoms with Gasteiger partial charge in [-0.3, -0.25) is 4.79 Å². The number of anilines is 1. The molecule has 1 amide bonds. The van der Waals surface area contributed by atoms with Crippen LogP contribution in [0.1, 0.15) is 28.4 Å². The van der Waals surface area contributed by atoms with E-state index in [0.717, 1.165) is 5.56 Å². The van der Waals surface area contributed by atoms with Gasteiger partial charge in [-0.2, -0.15) is 0 Å². The van der Waals surface area contributed by atoms with Gasteiger partial charge in [0.05, 0.1) is 11.3 Å². The standard InChI is InChI=1S/C11H13NO3/c1-6-4-5-7(2)10(12-8(3)13)9(6)11(14)15/h4-5H,1-3H3,(H,12,13)(H,14,15). The number of rotatable bonds is 2. The van der Waals surface area contributed by atoms with Crippen LogP contribution in [-0.2, 0) is 4.79 Å². The summed E-state index contributed by atoms with van der Waals surface area (Å²) in [6, 6.07) is 3.51. The maximum atomic E-state index is 11.0. The van der Waals surface area contributed by atoms with Gasteiger partial charge in [0, 0.05) is 6.92 Å². The SMILES string of the molecule is CC(=O)Nc1c(C)ccc(C)c1C(=O)O. The smallest absolute Gasteiger partial charge is 0.338 e. The highest BCUT2D eigenvalue weighted by Gasteiger charge is 2.15. The molecule has 0 saturated heterocycles. The van der Waals surface area contributed by atoms with Gasteiger partial charge in [-0.05, 0) is 25.0 Å². The number of benzene rings is 1. The molecule has 0 aliphatic carbocycles. The zero-order valence-electron chi connectivity index (χ0n) is 8.92. The first kappa shape index (κ1) is 11.2. The number of nitrogens with one attached hydrogen (secondary N) is 1. The van der Waals surface area contributed by atoms with Gasteiger partial charge in [0.2, 0.25) is 5.91 Å². The van der Waals surface area contributed by atoms with Crippen LogP contribution in [0.25, 0.3) is 0 Å². The van der Waals surface area contributed by atoms with Crippen LogP contribution in [0, 0.1) is 13.8 Å². The molecule has 4 nitrogen and oxygen atoms in total. The Bertz CT molecular complexity index is 424. The van der Waals surface area contributed by atoms with E-state index in [1.165, 1.54) is 6.92 Å². The summed E-state index contributed by atoms with van der Waals surface area (Å²) in [5.74, 6) is -1.30. The Morgan fingerprint density at radius 3 is 2.20 bits per heavy atom. The molecule has 0 aliphatic rings. The van der Waals surface area contributed by atoms with E-state index in [1.54, 1.807) is 26.0 Å². The molecular weight excluding hydrogens is 194 g/mol. The van der Waals surface area contributed by atoms with Gasteiger partial charge in [-0.1, -0.05) is 12.1 Å². The molecule has 1 aromatic carbocycles. The number of aromatic carboxylic acids is 1. The molecule has 0 fully saturated rings. The molecule has 0 atom stereocenters. The van der Waals surface area contributed by atoms with Crippen LogP contribution in [0.2, 0.25) is 0 Å². The fourth-order valence-electron chi connectivity index (χ4n) is 1.42. The normalized spacial score (nSPS) is 9.80. The topological polar surface area (TPSA) is 66.4 Å². The summed E-state index contributed by atoms with van der Waals surface area (Å²) in [7, 11) is 0. The Labute approximate surface area is 87.9 Å². The number of hydrogen-bond donors (Lipinski definition) is 2. The van der Waals surface area contributed by atoms with E-state index in [4.69, 9.17) is 5.11 Å². The predicted molar refractivity (Wildman–Crippen MR) is 57.2 cm³/mol. The largest absolute Gasteiger partial charge is 0.478 e. The first-order chi connectivity index (χ1) is 6.93. The highest BCUT2D eigenvalue weighted by molar-refractivity contribution is 6.01. The van der Waals surface area contributed by atoms with Crippen molar-refractivity contribution in [2.45, 2.75) is 20.8 Å². The van der Waals surface area contributed by atoms with Gasteiger partial charge in [-0.25, -0.2) is 4.79 Å². The van der Waals surface area contributed by atoms with Gasteiger partial charge >= 0.3 is 5.97 Å². The molecule has 0 spiro atoms. The minimum Gasteiger partial charge on any atom is -0.478 e. The second-order valence-electron chi connectivity index (χ2n) is 3.44. The van der Waals surface area contributed by atoms with Crippen molar-refractivity contribution < 1.29 is 14.7 Å². The molecule has 1 aromatic rings. The number of hydrogen-bond acceptors (Lipinski definition) is 2. The van der Waals surface area contributed by atoms with E-state index in [0.29, 0.717) is 11.3 Å². The Morgan fingerprint density at radius 2 is 1.73 bits per heavy atom. The van der Waals surface area contributed by atoms with E-state index >= 15 is 0 Å². The third kappa shape index (κ3) is 2.34. The van der Waals surface area contributed by atoms with Crippen molar-refractivity contribution in [1.29, 1.82) is 0 Å². The van der Waals surface area contributed by atoms with Gasteiger partial charge < -0.3 is 10.4 Å². The molecule has 0 radical (unpaired) electrons. The number of carboxylic acids is 1. The average molecular weight is 207 g/mol. The summed E-state index contributed by atoms with van der Waals surface area (Å²) in [6.07, 6.45) is 0. The quantitative estimate of drug-likeness (QED) is 0.779. The lowest BCUT2D eigenvalue weighted by molar-refractivity contribution is -0.114. The average Bonchev–Trinajstić information content (AvgIpc) is 2.10. The molecule has 4 heteroatoms. The summed E-state index contributed by atoms with van der Waals surface area (Å²) in [5.41, 5.74) is 1.92. The highest BCUT2D eigenvalue weighted by atomic mass is 16.4. The molecule has 80 valence electrons. The van der Waals surface area contributed by atoms with Crippen molar-refractivity contribution in [1.82, 2.24) is 0 Å². The maximum absolute atomic E-state index is 11.0. The lowest BCUT2D eigenvalue weighted by atomic mass is 10.0. The van der Waals surface area contributed by atoms with Crippen LogP contribution < -0.4 is 5.32 Å². The second kappa shape index (κ2) is 4.13. The molecular formula is C11H13NO3. The van der Waals surface area contributed by atoms with Gasteiger partial charge in [0.1, 0.15) is 0 Å². The first-order valence-electron chi connectivity index (χ1n) is 4.54. The van der Waals surface area contributed by atoms with Crippen molar-refractivity contribution in [2.24, 2.45) is 0 Å².